The van der Waals surface area contributed by atoms with Crippen molar-refractivity contribution in [1.29, 1.82) is 0 Å². The highest BCUT2D eigenvalue weighted by Gasteiger charge is 2.47. The Hall–Kier alpha value is -8.25. The second-order valence-electron chi connectivity index (χ2n) is 23.4. The molecule has 24 nitrogen and oxygen atoms in total. The van der Waals surface area contributed by atoms with Crippen molar-refractivity contribution >= 4 is 17.9 Å². The molecule has 0 unspecified atom stereocenters. The van der Waals surface area contributed by atoms with Gasteiger partial charge in [0.1, 0.15) is 90.5 Å². The SMILES string of the molecule is O=C(O)Cc1cccc(-c2cc(Cc3cc(Cc4ccc(O[C@H]5O[C@H](CO)[C@@H](O)[C@@H](O)[C@@H]5O)c(-c5cccc(CC(=O)O)c5)c4)cc(Cc4ccc(O[C@H]5O[C@H](CO)[C@@H](O)[C@@H](O)[C@@H]5O)c(-c5cccc(CC(=O)O)c5)c4)c3)ccc2O[C@H]2O[C@H](CO)[C@@H](O)[C@@H](O)[C@@H]2O)c1. The van der Waals surface area contributed by atoms with Gasteiger partial charge in [0, 0.05) is 16.7 Å². The van der Waals surface area contributed by atoms with Gasteiger partial charge in [0.05, 0.1) is 39.1 Å². The Bertz CT molecular complexity index is 3380. The smallest absolute Gasteiger partial charge is 0.307 e. The van der Waals surface area contributed by atoms with E-state index >= 15 is 0 Å². The van der Waals surface area contributed by atoms with Crippen LogP contribution in [0.5, 0.6) is 17.2 Å². The standard InChI is InChI=1S/C69H72O24/c70-31-52-58(79)61(82)64(85)67(91-52)88-49-13-10-37(25-46(49)43-7-1-4-34(22-43)28-55(73)74)16-40-19-41(17-38-11-14-50(89-68-65(86)62(83)59(80)53(32-71)92-68)47(26-38)44-8-2-5-35(23-44)29-56(75)76)21-42(20-40)18-39-12-15-51(90-69-66(87)63(84)60(81)54(33-72)93-69)48(27-39)45-9-3-6-36(24-45)30-57(77)78/h1-15,19-27,52-54,58-72,79-87H,16-18,28-33H2,(H,73,74)(H,75,76)(H,77,78)/t52-,53-,54-,58-,59-,60-,61-,62-,63-,64+,65+,66+,67+,68+,69+/m1/s1. The van der Waals surface area contributed by atoms with Crippen LogP contribution in [0.2, 0.25) is 0 Å². The summed E-state index contributed by atoms with van der Waals surface area (Å²) in [6.07, 6.45) is -24.3. The molecule has 15 N–H and O–H groups in total. The molecule has 93 heavy (non-hydrogen) atoms. The molecule has 0 spiro atoms. The van der Waals surface area contributed by atoms with Gasteiger partial charge >= 0.3 is 17.9 Å². The van der Waals surface area contributed by atoms with Gasteiger partial charge in [-0.2, -0.15) is 0 Å². The molecule has 3 aliphatic heterocycles. The van der Waals surface area contributed by atoms with E-state index in [0.717, 1.165) is 16.7 Å². The van der Waals surface area contributed by atoms with Crippen LogP contribution < -0.4 is 14.2 Å². The lowest BCUT2D eigenvalue weighted by atomic mass is 9.91. The molecule has 24 heteroatoms. The number of carbonyl (C=O) groups is 3. The van der Waals surface area contributed by atoms with Crippen LogP contribution >= 0.6 is 0 Å². The highest BCUT2D eigenvalue weighted by molar-refractivity contribution is 5.78. The summed E-state index contributed by atoms with van der Waals surface area (Å²) in [7, 11) is 0. The van der Waals surface area contributed by atoms with E-state index in [1.165, 1.54) is 0 Å². The van der Waals surface area contributed by atoms with Crippen LogP contribution in [0.3, 0.4) is 0 Å². The maximum absolute atomic E-state index is 11.9. The van der Waals surface area contributed by atoms with E-state index in [2.05, 4.69) is 0 Å². The average Bonchev–Trinajstić information content (AvgIpc) is 0.915. The Morgan fingerprint density at radius 1 is 0.312 bits per heavy atom. The van der Waals surface area contributed by atoms with E-state index in [-0.39, 0.29) is 55.8 Å². The van der Waals surface area contributed by atoms with E-state index < -0.39 is 130 Å². The van der Waals surface area contributed by atoms with Gasteiger partial charge in [-0.25, -0.2) is 0 Å². The fourth-order valence-electron chi connectivity index (χ4n) is 11.8. The Labute approximate surface area is 532 Å². The summed E-state index contributed by atoms with van der Waals surface area (Å²) in [6, 6.07) is 41.6. The molecule has 3 saturated heterocycles. The maximum Gasteiger partial charge on any atom is 0.307 e. The highest BCUT2D eigenvalue weighted by atomic mass is 16.7. The third-order valence-electron chi connectivity index (χ3n) is 16.5. The topological polar surface area (TPSA) is 410 Å². The van der Waals surface area contributed by atoms with Crippen molar-refractivity contribution in [3.63, 3.8) is 0 Å². The first-order chi connectivity index (χ1) is 44.6. The van der Waals surface area contributed by atoms with Crippen molar-refractivity contribution in [3.05, 3.63) is 196 Å². The van der Waals surface area contributed by atoms with E-state index in [1.54, 1.807) is 109 Å². The van der Waals surface area contributed by atoms with Crippen molar-refractivity contribution in [2.75, 3.05) is 19.8 Å². The number of carboxylic acid groups (broad SMARTS) is 3. The minimum Gasteiger partial charge on any atom is -0.481 e. The number of hydrogen-bond acceptors (Lipinski definition) is 21. The third kappa shape index (κ3) is 16.0. The Morgan fingerprint density at radius 3 is 0.828 bits per heavy atom. The normalized spacial score (nSPS) is 26.3. The van der Waals surface area contributed by atoms with Gasteiger partial charge < -0.3 is 105 Å². The quantitative estimate of drug-likeness (QED) is 0.0411. The Kier molecular flexibility index (Phi) is 21.7. The molecule has 0 radical (unpaired) electrons. The fraction of sp³-hybridized carbons (Fsp3) is 0.348. The molecule has 7 aromatic carbocycles. The molecule has 3 fully saturated rings. The van der Waals surface area contributed by atoms with E-state index in [1.807, 2.05) is 36.4 Å². The Morgan fingerprint density at radius 2 is 0.581 bits per heavy atom. The number of hydrogen-bond donors (Lipinski definition) is 15. The van der Waals surface area contributed by atoms with E-state index in [0.29, 0.717) is 66.8 Å². The van der Waals surface area contributed by atoms with Gasteiger partial charge in [-0.3, -0.25) is 14.4 Å². The molecule has 15 atom stereocenters. The zero-order chi connectivity index (χ0) is 66.4. The third-order valence-corrected chi connectivity index (χ3v) is 16.5. The molecular weight excluding hydrogens is 1210 g/mol. The van der Waals surface area contributed by atoms with Crippen molar-refractivity contribution in [3.8, 4) is 50.6 Å². The molecule has 0 aliphatic carbocycles. The molecule has 10 rings (SSSR count). The zero-order valence-corrected chi connectivity index (χ0v) is 49.8. The molecule has 3 heterocycles. The lowest BCUT2D eigenvalue weighted by Gasteiger charge is -2.39. The molecular formula is C69H72O24. The van der Waals surface area contributed by atoms with Gasteiger partial charge in [-0.1, -0.05) is 109 Å². The summed E-state index contributed by atoms with van der Waals surface area (Å²) < 4.78 is 35.9. The van der Waals surface area contributed by atoms with Crippen LogP contribution in [0.4, 0.5) is 0 Å². The summed E-state index contributed by atoms with van der Waals surface area (Å²) in [5.41, 5.74) is 8.57. The van der Waals surface area contributed by atoms with Gasteiger partial charge in [0.25, 0.3) is 0 Å². The lowest BCUT2D eigenvalue weighted by molar-refractivity contribution is -0.277. The summed E-state index contributed by atoms with van der Waals surface area (Å²) in [4.78, 5) is 35.8. The lowest BCUT2D eigenvalue weighted by Crippen LogP contribution is -2.60. The molecule has 0 aromatic heterocycles. The number of aliphatic hydroxyl groups is 12. The minimum atomic E-state index is -1.76. The second-order valence-corrected chi connectivity index (χ2v) is 23.4. The van der Waals surface area contributed by atoms with Gasteiger partial charge in [0.15, 0.2) is 0 Å². The molecule has 3 aliphatic rings. The Balaban J connectivity index is 1.07. The fourth-order valence-corrected chi connectivity index (χ4v) is 11.8. The number of aliphatic hydroxyl groups excluding tert-OH is 12. The van der Waals surface area contributed by atoms with Crippen LogP contribution in [-0.2, 0) is 67.1 Å². The van der Waals surface area contributed by atoms with Crippen molar-refractivity contribution < 1.29 is 119 Å². The summed E-state index contributed by atoms with van der Waals surface area (Å²) in [6.45, 7) is -2.13. The molecule has 7 aromatic rings. The predicted octanol–water partition coefficient (Wildman–Crippen LogP) is 1.88. The maximum atomic E-state index is 11.9. The van der Waals surface area contributed by atoms with Crippen molar-refractivity contribution in [2.45, 2.75) is 131 Å². The van der Waals surface area contributed by atoms with Crippen molar-refractivity contribution in [1.82, 2.24) is 0 Å². The predicted molar refractivity (Wildman–Crippen MR) is 328 cm³/mol. The summed E-state index contributed by atoms with van der Waals surface area (Å²) in [5.74, 6) is -2.83. The molecule has 0 bridgehead atoms. The van der Waals surface area contributed by atoms with E-state index in [4.69, 9.17) is 28.4 Å². The minimum absolute atomic E-state index is 0.136. The number of ether oxygens (including phenoxy) is 6. The molecule has 0 saturated carbocycles. The van der Waals surface area contributed by atoms with Crippen LogP contribution in [0.1, 0.15) is 50.1 Å². The number of benzene rings is 7. The largest absolute Gasteiger partial charge is 0.481 e. The number of rotatable bonds is 24. The highest BCUT2D eigenvalue weighted by Crippen LogP contribution is 2.40. The van der Waals surface area contributed by atoms with Gasteiger partial charge in [-0.15, -0.1) is 0 Å². The number of carboxylic acids is 3. The van der Waals surface area contributed by atoms with E-state index in [9.17, 15) is 91.0 Å². The first-order valence-electron chi connectivity index (χ1n) is 29.9. The van der Waals surface area contributed by atoms with Crippen LogP contribution in [-0.4, -0.2) is 206 Å². The summed E-state index contributed by atoms with van der Waals surface area (Å²) >= 11 is 0. The number of aliphatic carboxylic acids is 3. The van der Waals surface area contributed by atoms with Crippen LogP contribution in [0, 0.1) is 0 Å². The van der Waals surface area contributed by atoms with Crippen molar-refractivity contribution in [2.24, 2.45) is 0 Å². The average molecular weight is 1290 g/mol. The summed E-state index contributed by atoms with van der Waals surface area (Å²) in [5, 5.41) is 156. The van der Waals surface area contributed by atoms with Gasteiger partial charge in [-0.05, 0) is 122 Å². The second kappa shape index (κ2) is 29.8. The molecule has 492 valence electrons. The van der Waals surface area contributed by atoms with Crippen LogP contribution in [0.15, 0.2) is 146 Å². The van der Waals surface area contributed by atoms with Crippen LogP contribution in [0.25, 0.3) is 33.4 Å². The monoisotopic (exact) mass is 1280 g/mol. The van der Waals surface area contributed by atoms with Gasteiger partial charge in [0.2, 0.25) is 18.9 Å². The first-order valence-corrected chi connectivity index (χ1v) is 29.9. The first kappa shape index (κ1) is 67.6. The zero-order valence-electron chi connectivity index (χ0n) is 49.8. The molecule has 0 amide bonds.